The maximum atomic E-state index is 12.1. The molecule has 2 aromatic heterocycles. The summed E-state index contributed by atoms with van der Waals surface area (Å²) in [5.41, 5.74) is 1.89. The Morgan fingerprint density at radius 2 is 2.05 bits per heavy atom. The minimum absolute atomic E-state index is 0.203. The zero-order chi connectivity index (χ0) is 15.4. The third-order valence-electron chi connectivity index (χ3n) is 3.09. The monoisotopic (exact) mass is 315 g/mol. The summed E-state index contributed by atoms with van der Waals surface area (Å²) in [6.07, 6.45) is 0. The number of rotatable bonds is 5. The first-order chi connectivity index (χ1) is 10.7. The van der Waals surface area contributed by atoms with Crippen molar-refractivity contribution in [1.29, 1.82) is 0 Å². The number of nitrogens with one attached hydrogen (secondary N) is 2. The highest BCUT2D eigenvalue weighted by atomic mass is 35.5. The van der Waals surface area contributed by atoms with Gasteiger partial charge in [-0.3, -0.25) is 4.79 Å². The van der Waals surface area contributed by atoms with Crippen LogP contribution in [0.5, 0.6) is 5.75 Å². The standard InChI is InChI=1S/C16H14ClN3O2/c17-15-7-6-12-13(20-15)10-14(19-12)16(21)18-8-9-22-11-4-2-1-3-5-11/h1-7,10,19H,8-9H2,(H,18,21). The van der Waals surface area contributed by atoms with Gasteiger partial charge in [0.2, 0.25) is 0 Å². The van der Waals surface area contributed by atoms with Crippen LogP contribution in [0, 0.1) is 0 Å². The number of benzene rings is 1. The number of hydrogen-bond donors (Lipinski definition) is 2. The fourth-order valence-electron chi connectivity index (χ4n) is 2.05. The van der Waals surface area contributed by atoms with E-state index in [1.54, 1.807) is 18.2 Å². The fourth-order valence-corrected chi connectivity index (χ4v) is 2.21. The van der Waals surface area contributed by atoms with Crippen LogP contribution in [0.2, 0.25) is 5.15 Å². The lowest BCUT2D eigenvalue weighted by Gasteiger charge is -2.06. The zero-order valence-electron chi connectivity index (χ0n) is 11.7. The molecule has 0 aliphatic heterocycles. The lowest BCUT2D eigenvalue weighted by atomic mass is 10.3. The van der Waals surface area contributed by atoms with Crippen molar-refractivity contribution in [1.82, 2.24) is 15.3 Å². The third-order valence-corrected chi connectivity index (χ3v) is 3.30. The normalized spacial score (nSPS) is 10.6. The van der Waals surface area contributed by atoms with Crippen LogP contribution in [0.3, 0.4) is 0 Å². The van der Waals surface area contributed by atoms with Gasteiger partial charge in [0.25, 0.3) is 5.91 Å². The van der Waals surface area contributed by atoms with Crippen LogP contribution < -0.4 is 10.1 Å². The molecule has 0 saturated heterocycles. The quantitative estimate of drug-likeness (QED) is 0.562. The molecule has 2 heterocycles. The Morgan fingerprint density at radius 3 is 2.86 bits per heavy atom. The van der Waals surface area contributed by atoms with Gasteiger partial charge < -0.3 is 15.0 Å². The van der Waals surface area contributed by atoms with E-state index < -0.39 is 0 Å². The molecule has 0 bridgehead atoms. The molecule has 0 aliphatic rings. The smallest absolute Gasteiger partial charge is 0.267 e. The summed E-state index contributed by atoms with van der Waals surface area (Å²) in [7, 11) is 0. The number of pyridine rings is 1. The van der Waals surface area contributed by atoms with Crippen molar-refractivity contribution in [3.63, 3.8) is 0 Å². The van der Waals surface area contributed by atoms with Crippen LogP contribution in [0.4, 0.5) is 0 Å². The van der Waals surface area contributed by atoms with Crippen molar-refractivity contribution in [2.45, 2.75) is 0 Å². The SMILES string of the molecule is O=C(NCCOc1ccccc1)c1cc2nc(Cl)ccc2[nH]1. The molecule has 3 rings (SSSR count). The highest BCUT2D eigenvalue weighted by Gasteiger charge is 2.10. The van der Waals surface area contributed by atoms with E-state index in [0.717, 1.165) is 11.3 Å². The molecule has 1 aromatic carbocycles. The molecule has 3 aromatic rings. The van der Waals surface area contributed by atoms with E-state index in [1.165, 1.54) is 0 Å². The fraction of sp³-hybridized carbons (Fsp3) is 0.125. The number of aromatic nitrogens is 2. The third kappa shape index (κ3) is 3.38. The Labute approximate surface area is 132 Å². The molecule has 5 nitrogen and oxygen atoms in total. The summed E-state index contributed by atoms with van der Waals surface area (Å²) < 4.78 is 5.51. The Balaban J connectivity index is 1.54. The zero-order valence-corrected chi connectivity index (χ0v) is 12.4. The summed E-state index contributed by atoms with van der Waals surface area (Å²) in [5, 5.41) is 3.19. The van der Waals surface area contributed by atoms with E-state index in [-0.39, 0.29) is 5.91 Å². The van der Waals surface area contributed by atoms with Gasteiger partial charge >= 0.3 is 0 Å². The predicted molar refractivity (Wildman–Crippen MR) is 85.4 cm³/mol. The minimum Gasteiger partial charge on any atom is -0.492 e. The van der Waals surface area contributed by atoms with Gasteiger partial charge in [0.05, 0.1) is 17.6 Å². The molecule has 0 unspecified atom stereocenters. The van der Waals surface area contributed by atoms with Gasteiger partial charge in [-0.25, -0.2) is 4.98 Å². The lowest BCUT2D eigenvalue weighted by Crippen LogP contribution is -2.28. The summed E-state index contributed by atoms with van der Waals surface area (Å²) in [6.45, 7) is 0.817. The van der Waals surface area contributed by atoms with Crippen molar-refractivity contribution in [2.24, 2.45) is 0 Å². The second kappa shape index (κ2) is 6.49. The van der Waals surface area contributed by atoms with Crippen molar-refractivity contribution < 1.29 is 9.53 Å². The number of halogens is 1. The van der Waals surface area contributed by atoms with E-state index in [4.69, 9.17) is 16.3 Å². The highest BCUT2D eigenvalue weighted by Crippen LogP contribution is 2.16. The molecule has 2 N–H and O–H groups in total. The molecular formula is C16H14ClN3O2. The molecule has 0 saturated carbocycles. The van der Waals surface area contributed by atoms with E-state index >= 15 is 0 Å². The summed E-state index contributed by atoms with van der Waals surface area (Å²) >= 11 is 5.83. The van der Waals surface area contributed by atoms with Crippen LogP contribution in [-0.2, 0) is 0 Å². The van der Waals surface area contributed by atoms with Crippen molar-refractivity contribution in [3.05, 3.63) is 59.4 Å². The minimum atomic E-state index is -0.203. The molecule has 112 valence electrons. The van der Waals surface area contributed by atoms with Gasteiger partial charge in [0, 0.05) is 0 Å². The van der Waals surface area contributed by atoms with Gasteiger partial charge in [0.1, 0.15) is 23.2 Å². The average Bonchev–Trinajstić information content (AvgIpc) is 2.95. The number of aromatic amines is 1. The molecule has 1 amide bonds. The largest absolute Gasteiger partial charge is 0.492 e. The van der Waals surface area contributed by atoms with Crippen molar-refractivity contribution >= 4 is 28.5 Å². The summed E-state index contributed by atoms with van der Waals surface area (Å²) in [4.78, 5) is 19.2. The Morgan fingerprint density at radius 1 is 1.23 bits per heavy atom. The number of ether oxygens (including phenoxy) is 1. The first-order valence-electron chi connectivity index (χ1n) is 6.84. The molecule has 0 atom stereocenters. The summed E-state index contributed by atoms with van der Waals surface area (Å²) in [6, 6.07) is 14.6. The molecule has 0 radical (unpaired) electrons. The Hall–Kier alpha value is -2.53. The average molecular weight is 316 g/mol. The number of para-hydroxylation sites is 1. The molecule has 0 fully saturated rings. The molecule has 0 aliphatic carbocycles. The van der Waals surface area contributed by atoms with Crippen LogP contribution in [0.1, 0.15) is 10.5 Å². The Bertz CT molecular complexity index is 786. The molecular weight excluding hydrogens is 302 g/mol. The van der Waals surface area contributed by atoms with Gasteiger partial charge in [-0.2, -0.15) is 0 Å². The number of H-pyrrole nitrogens is 1. The van der Waals surface area contributed by atoms with Crippen molar-refractivity contribution in [3.8, 4) is 5.75 Å². The molecule has 22 heavy (non-hydrogen) atoms. The van der Waals surface area contributed by atoms with Crippen molar-refractivity contribution in [2.75, 3.05) is 13.2 Å². The maximum absolute atomic E-state index is 12.1. The second-order valence-electron chi connectivity index (χ2n) is 4.67. The first-order valence-corrected chi connectivity index (χ1v) is 7.21. The number of carbonyl (C=O) groups excluding carboxylic acids is 1. The predicted octanol–water partition coefficient (Wildman–Crippen LogP) is 3.03. The number of nitrogens with zero attached hydrogens (tertiary/aromatic N) is 1. The first kappa shape index (κ1) is 14.4. The summed E-state index contributed by atoms with van der Waals surface area (Å²) in [5.74, 6) is 0.576. The van der Waals surface area contributed by atoms with Gasteiger partial charge in [-0.1, -0.05) is 29.8 Å². The molecule has 6 heteroatoms. The lowest BCUT2D eigenvalue weighted by molar-refractivity contribution is 0.0943. The van der Waals surface area contributed by atoms with Crippen LogP contribution in [-0.4, -0.2) is 29.0 Å². The van der Waals surface area contributed by atoms with E-state index in [0.29, 0.717) is 29.5 Å². The topological polar surface area (TPSA) is 67.0 Å². The van der Waals surface area contributed by atoms with E-state index in [2.05, 4.69) is 15.3 Å². The maximum Gasteiger partial charge on any atom is 0.267 e. The van der Waals surface area contributed by atoms with Crippen LogP contribution >= 0.6 is 11.6 Å². The second-order valence-corrected chi connectivity index (χ2v) is 5.05. The van der Waals surface area contributed by atoms with E-state index in [1.807, 2.05) is 30.3 Å². The van der Waals surface area contributed by atoms with Gasteiger partial charge in [-0.05, 0) is 30.3 Å². The van der Waals surface area contributed by atoms with Gasteiger partial charge in [0.15, 0.2) is 0 Å². The van der Waals surface area contributed by atoms with Crippen LogP contribution in [0.15, 0.2) is 48.5 Å². The number of hydrogen-bond acceptors (Lipinski definition) is 3. The van der Waals surface area contributed by atoms with Gasteiger partial charge in [-0.15, -0.1) is 0 Å². The number of carbonyl (C=O) groups is 1. The Kier molecular flexibility index (Phi) is 4.25. The van der Waals surface area contributed by atoms with Crippen LogP contribution in [0.25, 0.3) is 11.0 Å². The number of fused-ring (bicyclic) bond motifs is 1. The number of amides is 1. The van der Waals surface area contributed by atoms with E-state index in [9.17, 15) is 4.79 Å². The highest BCUT2D eigenvalue weighted by molar-refractivity contribution is 6.29. The molecule has 0 spiro atoms.